The van der Waals surface area contributed by atoms with E-state index in [1.54, 1.807) is 0 Å². The summed E-state index contributed by atoms with van der Waals surface area (Å²) < 4.78 is 0. The Bertz CT molecular complexity index is 674. The minimum absolute atomic E-state index is 0.0533. The first-order valence-corrected chi connectivity index (χ1v) is 14.1. The fourth-order valence-corrected chi connectivity index (χ4v) is 4.38. The normalized spacial score (nSPS) is 12.9. The lowest BCUT2D eigenvalue weighted by Gasteiger charge is -2.31. The summed E-state index contributed by atoms with van der Waals surface area (Å²) >= 11 is 0. The third kappa shape index (κ3) is 19.8. The van der Waals surface area contributed by atoms with E-state index >= 15 is 0 Å². The van der Waals surface area contributed by atoms with Gasteiger partial charge in [0.2, 0.25) is 0 Å². The van der Waals surface area contributed by atoms with Crippen LogP contribution in [0.2, 0.25) is 0 Å². The molecule has 0 amide bonds. The number of rotatable bonds is 23. The average molecular weight is 523 g/mol. The number of carbonyl (C=O) groups is 1. The lowest BCUT2D eigenvalue weighted by Crippen LogP contribution is -2.44. The second kappa shape index (κ2) is 20.1. The molecule has 0 aliphatic heterocycles. The molecule has 0 radical (unpaired) electrons. The van der Waals surface area contributed by atoms with Gasteiger partial charge >= 0.3 is 5.97 Å². The Kier molecular flexibility index (Phi) is 19.1. The quantitative estimate of drug-likeness (QED) is 0.106. The number of nitrogens with zero attached hydrogens (tertiary/aromatic N) is 4. The largest absolute Gasteiger partial charge is 0.480 e. The van der Waals surface area contributed by atoms with Crippen molar-refractivity contribution in [2.45, 2.75) is 85.2 Å². The molecule has 0 saturated heterocycles. The van der Waals surface area contributed by atoms with E-state index in [2.05, 4.69) is 73.2 Å². The molecule has 0 bridgehead atoms. The number of hydrogen-bond acceptors (Lipinski definition) is 7. The minimum Gasteiger partial charge on any atom is -0.480 e. The highest BCUT2D eigenvalue weighted by Gasteiger charge is 2.16. The van der Waals surface area contributed by atoms with Crippen LogP contribution in [0.15, 0.2) is 29.5 Å². The van der Waals surface area contributed by atoms with Crippen molar-refractivity contribution in [2.75, 3.05) is 66.0 Å². The number of carboxylic acid groups (broad SMARTS) is 1. The van der Waals surface area contributed by atoms with Crippen LogP contribution in [0.25, 0.3) is 0 Å². The van der Waals surface area contributed by atoms with Crippen molar-refractivity contribution < 1.29 is 9.90 Å². The third-order valence-electron chi connectivity index (χ3n) is 5.90. The molecule has 0 heterocycles. The van der Waals surface area contributed by atoms with Crippen LogP contribution in [-0.4, -0.2) is 110 Å². The van der Waals surface area contributed by atoms with Gasteiger partial charge in [-0.2, -0.15) is 0 Å². The summed E-state index contributed by atoms with van der Waals surface area (Å²) in [4.78, 5) is 22.4. The van der Waals surface area contributed by atoms with Gasteiger partial charge < -0.3 is 20.6 Å². The molecule has 0 aliphatic rings. The van der Waals surface area contributed by atoms with Gasteiger partial charge in [-0.05, 0) is 66.3 Å². The van der Waals surface area contributed by atoms with Crippen molar-refractivity contribution in [3.05, 3.63) is 24.6 Å². The smallest absolute Gasteiger partial charge is 0.317 e. The lowest BCUT2D eigenvalue weighted by molar-refractivity contribution is -0.138. The third-order valence-corrected chi connectivity index (χ3v) is 5.90. The Labute approximate surface area is 228 Å². The second-order valence-electron chi connectivity index (χ2n) is 11.2. The van der Waals surface area contributed by atoms with Crippen LogP contribution >= 0.6 is 0 Å². The molecule has 0 fully saturated rings. The van der Waals surface area contributed by atoms with Crippen LogP contribution in [0.4, 0.5) is 0 Å². The molecule has 0 aliphatic carbocycles. The Hall–Kier alpha value is -1.90. The van der Waals surface area contributed by atoms with E-state index in [1.807, 2.05) is 25.1 Å². The summed E-state index contributed by atoms with van der Waals surface area (Å²) in [5.74, 6) is 0.139. The fourth-order valence-electron chi connectivity index (χ4n) is 4.38. The van der Waals surface area contributed by atoms with E-state index in [4.69, 9.17) is 0 Å². The molecular formula is C29H58N6O2. The van der Waals surface area contributed by atoms with Gasteiger partial charge in [0, 0.05) is 70.7 Å². The molecule has 1 atom stereocenters. The number of nitrogens with one attached hydrogen (secondary N) is 2. The van der Waals surface area contributed by atoms with Gasteiger partial charge in [0.1, 0.15) is 0 Å². The number of aliphatic carboxylic acids is 1. The van der Waals surface area contributed by atoms with Gasteiger partial charge in [-0.1, -0.05) is 32.6 Å². The first kappa shape index (κ1) is 35.1. The second-order valence-corrected chi connectivity index (χ2v) is 11.2. The molecule has 0 aromatic rings. The fraction of sp³-hybridized carbons (Fsp3) is 0.793. The van der Waals surface area contributed by atoms with E-state index in [0.717, 1.165) is 89.3 Å². The van der Waals surface area contributed by atoms with Gasteiger partial charge in [0.25, 0.3) is 0 Å². The molecule has 0 aromatic carbocycles. The Morgan fingerprint density at radius 1 is 0.973 bits per heavy atom. The van der Waals surface area contributed by atoms with E-state index in [0.29, 0.717) is 6.54 Å². The van der Waals surface area contributed by atoms with Crippen LogP contribution in [0, 0.1) is 0 Å². The molecular weight excluding hydrogens is 464 g/mol. The van der Waals surface area contributed by atoms with E-state index in [1.165, 1.54) is 0 Å². The van der Waals surface area contributed by atoms with Crippen molar-refractivity contribution in [1.82, 2.24) is 25.3 Å². The Morgan fingerprint density at radius 2 is 1.57 bits per heavy atom. The number of unbranched alkanes of at least 4 members (excludes halogenated alkanes) is 1. The van der Waals surface area contributed by atoms with Gasteiger partial charge in [-0.25, -0.2) is 0 Å². The maximum atomic E-state index is 11.5. The molecule has 8 nitrogen and oxygen atoms in total. The number of hydrogen-bond donors (Lipinski definition) is 3. The highest BCUT2D eigenvalue weighted by Crippen LogP contribution is 2.08. The summed E-state index contributed by atoms with van der Waals surface area (Å²) in [6.07, 6.45) is 7.29. The van der Waals surface area contributed by atoms with Crippen molar-refractivity contribution >= 4 is 12.2 Å². The maximum Gasteiger partial charge on any atom is 0.317 e. The first-order chi connectivity index (χ1) is 17.4. The first-order valence-electron chi connectivity index (χ1n) is 14.1. The van der Waals surface area contributed by atoms with Gasteiger partial charge in [-0.15, -0.1) is 0 Å². The zero-order valence-corrected chi connectivity index (χ0v) is 25.1. The van der Waals surface area contributed by atoms with E-state index < -0.39 is 5.97 Å². The van der Waals surface area contributed by atoms with Crippen LogP contribution < -0.4 is 10.6 Å². The van der Waals surface area contributed by atoms with Crippen LogP contribution in [-0.2, 0) is 4.79 Å². The monoisotopic (exact) mass is 522 g/mol. The summed E-state index contributed by atoms with van der Waals surface area (Å²) in [5.41, 5.74) is 1.20. The standard InChI is InChI=1S/C29H58N6O2/c1-10-16-33(23-25(3)4)18-19-34(24-28(36)37)20-21-35(17-11-2)26(5)31-15-13-12-14-27(22-30-9)32-29(6,7)8/h22,27,31-32H,3,5,10-21,23-24H2,1-2,4,6-9H3,(H,36,37). The summed E-state index contributed by atoms with van der Waals surface area (Å²) in [5, 5.41) is 16.6. The molecule has 0 saturated carbocycles. The van der Waals surface area contributed by atoms with Crippen molar-refractivity contribution in [3.63, 3.8) is 0 Å². The molecule has 8 heteroatoms. The van der Waals surface area contributed by atoms with Crippen molar-refractivity contribution in [1.29, 1.82) is 0 Å². The van der Waals surface area contributed by atoms with E-state index in [-0.39, 0.29) is 18.1 Å². The highest BCUT2D eigenvalue weighted by atomic mass is 16.4. The van der Waals surface area contributed by atoms with E-state index in [9.17, 15) is 9.90 Å². The predicted octanol–water partition coefficient (Wildman–Crippen LogP) is 4.06. The summed E-state index contributed by atoms with van der Waals surface area (Å²) in [6, 6.07) is 0.286. The van der Waals surface area contributed by atoms with Crippen LogP contribution in [0.3, 0.4) is 0 Å². The van der Waals surface area contributed by atoms with Crippen LogP contribution in [0.1, 0.15) is 73.6 Å². The zero-order chi connectivity index (χ0) is 28.3. The zero-order valence-electron chi connectivity index (χ0n) is 25.1. The number of aliphatic imine (C=N–C) groups is 1. The average Bonchev–Trinajstić information content (AvgIpc) is 2.77. The molecule has 0 rings (SSSR count). The highest BCUT2D eigenvalue weighted by molar-refractivity contribution is 5.69. The number of carboxylic acids is 1. The molecule has 216 valence electrons. The molecule has 37 heavy (non-hydrogen) atoms. The molecule has 0 aromatic heterocycles. The minimum atomic E-state index is -0.784. The Balaban J connectivity index is 4.74. The summed E-state index contributed by atoms with van der Waals surface area (Å²) in [7, 11) is 1.83. The summed E-state index contributed by atoms with van der Waals surface area (Å²) in [6.45, 7) is 27.9. The molecule has 3 N–H and O–H groups in total. The van der Waals surface area contributed by atoms with Crippen molar-refractivity contribution in [2.24, 2.45) is 4.99 Å². The van der Waals surface area contributed by atoms with Gasteiger partial charge in [0.15, 0.2) is 0 Å². The van der Waals surface area contributed by atoms with Crippen molar-refractivity contribution in [3.8, 4) is 0 Å². The van der Waals surface area contributed by atoms with Crippen LogP contribution in [0.5, 0.6) is 0 Å². The topological polar surface area (TPSA) is 83.4 Å². The van der Waals surface area contributed by atoms with Gasteiger partial charge in [0.05, 0.1) is 12.4 Å². The van der Waals surface area contributed by atoms with Gasteiger partial charge in [-0.3, -0.25) is 19.6 Å². The molecule has 1 unspecified atom stereocenters. The lowest BCUT2D eigenvalue weighted by atomic mass is 10.0. The maximum absolute atomic E-state index is 11.5. The molecule has 0 spiro atoms. The Morgan fingerprint density at radius 3 is 2.08 bits per heavy atom. The predicted molar refractivity (Wildman–Crippen MR) is 160 cm³/mol. The SMILES string of the molecule is C=C(C)CN(CCC)CCN(CCN(CCC)C(=C)NCCCCC(C=NC)NC(C)(C)C)CC(=O)O.